The number of aliphatic hydroxyl groups is 1. The van der Waals surface area contributed by atoms with Crippen molar-refractivity contribution in [3.8, 4) is 17.2 Å². The molecular formula is C40H50O8. The van der Waals surface area contributed by atoms with Crippen molar-refractivity contribution in [2.24, 2.45) is 0 Å². The molecule has 2 aliphatic carbocycles. The van der Waals surface area contributed by atoms with E-state index in [2.05, 4.69) is 0 Å². The minimum absolute atomic E-state index is 0.0702. The van der Waals surface area contributed by atoms with Gasteiger partial charge in [-0.2, -0.15) is 0 Å². The first kappa shape index (κ1) is 35.3. The van der Waals surface area contributed by atoms with Crippen LogP contribution in [0.15, 0.2) is 72.8 Å². The number of esters is 2. The smallest absolute Gasteiger partial charge is 0.306 e. The number of rotatable bonds is 16. The lowest BCUT2D eigenvalue weighted by Gasteiger charge is -2.30. The minimum Gasteiger partial charge on any atom is -0.497 e. The Balaban J connectivity index is 1.17. The molecule has 2 aliphatic rings. The highest BCUT2D eigenvalue weighted by molar-refractivity contribution is 5.69. The molecule has 0 atom stereocenters. The standard InChI is InChI=1S/C40H50O8/c1-44-33-22-16-30(17-23-33)40(43,31-18-24-34(25-19-31)45-28-8-14-38(41)47-36-10-4-2-5-11-36)32-20-26-35(27-21-32)46-29-9-15-39(42)48-37-12-6-3-7-13-37/h16-27,36-37,43H,2-15,28-29H2,1H3. The van der Waals surface area contributed by atoms with Crippen LogP contribution in [0.4, 0.5) is 0 Å². The third-order valence-electron chi connectivity index (χ3n) is 9.34. The molecule has 8 nitrogen and oxygen atoms in total. The van der Waals surface area contributed by atoms with Gasteiger partial charge in [-0.25, -0.2) is 0 Å². The van der Waals surface area contributed by atoms with E-state index in [0.29, 0.717) is 72.8 Å². The van der Waals surface area contributed by atoms with Crippen LogP contribution in [0, 0.1) is 0 Å². The third kappa shape index (κ3) is 9.99. The number of ether oxygens (including phenoxy) is 5. The lowest BCUT2D eigenvalue weighted by molar-refractivity contribution is -0.151. The van der Waals surface area contributed by atoms with Crippen LogP contribution in [-0.4, -0.2) is 49.6 Å². The van der Waals surface area contributed by atoms with Crippen molar-refractivity contribution < 1.29 is 38.4 Å². The lowest BCUT2D eigenvalue weighted by Crippen LogP contribution is -2.28. The summed E-state index contributed by atoms with van der Waals surface area (Å²) in [5.41, 5.74) is 0.552. The largest absolute Gasteiger partial charge is 0.497 e. The molecule has 0 spiro atoms. The molecule has 8 heteroatoms. The quantitative estimate of drug-likeness (QED) is 0.0938. The van der Waals surface area contributed by atoms with Crippen LogP contribution in [0.25, 0.3) is 0 Å². The van der Waals surface area contributed by atoms with Gasteiger partial charge in [-0.05, 0) is 117 Å². The van der Waals surface area contributed by atoms with Crippen LogP contribution in [0.3, 0.4) is 0 Å². The van der Waals surface area contributed by atoms with Crippen molar-refractivity contribution >= 4 is 11.9 Å². The Hall–Kier alpha value is -4.04. The third-order valence-corrected chi connectivity index (χ3v) is 9.34. The molecule has 0 radical (unpaired) electrons. The molecule has 0 aliphatic heterocycles. The van der Waals surface area contributed by atoms with Gasteiger partial charge < -0.3 is 28.8 Å². The van der Waals surface area contributed by atoms with Crippen LogP contribution in [0.2, 0.25) is 0 Å². The Morgan fingerprint density at radius 1 is 0.583 bits per heavy atom. The van der Waals surface area contributed by atoms with Gasteiger partial charge >= 0.3 is 11.9 Å². The van der Waals surface area contributed by atoms with E-state index >= 15 is 0 Å². The first-order chi connectivity index (χ1) is 23.4. The Kier molecular flexibility index (Phi) is 13.2. The normalized spacial score (nSPS) is 15.8. The summed E-state index contributed by atoms with van der Waals surface area (Å²) in [7, 11) is 1.61. The van der Waals surface area contributed by atoms with Gasteiger partial charge in [-0.15, -0.1) is 0 Å². The van der Waals surface area contributed by atoms with E-state index < -0.39 is 5.60 Å². The van der Waals surface area contributed by atoms with Gasteiger partial charge in [0.1, 0.15) is 35.1 Å². The maximum atomic E-state index is 12.4. The molecule has 0 heterocycles. The molecule has 48 heavy (non-hydrogen) atoms. The Bertz CT molecular complexity index is 1320. The van der Waals surface area contributed by atoms with Crippen molar-refractivity contribution in [2.75, 3.05) is 20.3 Å². The molecule has 2 saturated carbocycles. The van der Waals surface area contributed by atoms with E-state index in [9.17, 15) is 14.7 Å². The summed E-state index contributed by atoms with van der Waals surface area (Å²) in [4.78, 5) is 24.4. The van der Waals surface area contributed by atoms with E-state index in [-0.39, 0.29) is 24.1 Å². The zero-order valence-electron chi connectivity index (χ0n) is 28.2. The highest BCUT2D eigenvalue weighted by Gasteiger charge is 2.34. The summed E-state index contributed by atoms with van der Waals surface area (Å²) >= 11 is 0. The summed E-state index contributed by atoms with van der Waals surface area (Å²) in [5, 5.41) is 12.4. The summed E-state index contributed by atoms with van der Waals surface area (Å²) in [6.45, 7) is 0.788. The van der Waals surface area contributed by atoms with Crippen LogP contribution < -0.4 is 14.2 Å². The van der Waals surface area contributed by atoms with Crippen LogP contribution in [-0.2, 0) is 24.7 Å². The monoisotopic (exact) mass is 658 g/mol. The summed E-state index contributed by atoms with van der Waals surface area (Å²) in [6, 6.07) is 22.1. The second kappa shape index (κ2) is 17.9. The molecule has 3 aromatic rings. The van der Waals surface area contributed by atoms with E-state index in [1.54, 1.807) is 7.11 Å². The summed E-state index contributed by atoms with van der Waals surface area (Å²) in [6.07, 6.45) is 12.8. The van der Waals surface area contributed by atoms with E-state index in [1.165, 1.54) is 12.8 Å². The first-order valence-corrected chi connectivity index (χ1v) is 17.7. The lowest BCUT2D eigenvalue weighted by atomic mass is 9.80. The average Bonchev–Trinajstić information content (AvgIpc) is 3.13. The van der Waals surface area contributed by atoms with Crippen molar-refractivity contribution in [3.63, 3.8) is 0 Å². The Morgan fingerprint density at radius 3 is 1.29 bits per heavy atom. The Labute approximate surface area is 284 Å². The van der Waals surface area contributed by atoms with Crippen molar-refractivity contribution in [2.45, 2.75) is 108 Å². The SMILES string of the molecule is COc1ccc(C(O)(c2ccc(OCCCC(=O)OC3CCCCC3)cc2)c2ccc(OCCCC(=O)OC3CCCCC3)cc2)cc1. The molecule has 2 fully saturated rings. The zero-order chi connectivity index (χ0) is 33.6. The molecule has 0 amide bonds. The molecule has 0 unspecified atom stereocenters. The van der Waals surface area contributed by atoms with Gasteiger partial charge in [0.2, 0.25) is 0 Å². The number of methoxy groups -OCH3 is 1. The maximum absolute atomic E-state index is 12.4. The van der Waals surface area contributed by atoms with Crippen molar-refractivity contribution in [1.29, 1.82) is 0 Å². The van der Waals surface area contributed by atoms with Crippen LogP contribution in [0.5, 0.6) is 17.2 Å². The fourth-order valence-electron chi connectivity index (χ4n) is 6.59. The predicted octanol–water partition coefficient (Wildman–Crippen LogP) is 8.05. The van der Waals surface area contributed by atoms with Gasteiger partial charge in [0.05, 0.1) is 20.3 Å². The summed E-state index contributed by atoms with van der Waals surface area (Å²) in [5.74, 6) is 1.69. The average molecular weight is 659 g/mol. The van der Waals surface area contributed by atoms with Crippen molar-refractivity contribution in [3.05, 3.63) is 89.5 Å². The topological polar surface area (TPSA) is 101 Å². The van der Waals surface area contributed by atoms with Gasteiger partial charge in [-0.1, -0.05) is 49.2 Å². The number of carbonyl (C=O) groups excluding carboxylic acids is 2. The second-order valence-corrected chi connectivity index (χ2v) is 12.9. The molecular weight excluding hydrogens is 608 g/mol. The number of benzene rings is 3. The Morgan fingerprint density at radius 2 is 0.938 bits per heavy atom. The second-order valence-electron chi connectivity index (χ2n) is 12.9. The number of hydrogen-bond acceptors (Lipinski definition) is 8. The molecule has 258 valence electrons. The molecule has 0 saturated heterocycles. The van der Waals surface area contributed by atoms with Gasteiger partial charge in [0.15, 0.2) is 0 Å². The molecule has 5 rings (SSSR count). The number of carbonyl (C=O) groups is 2. The van der Waals surface area contributed by atoms with E-state index in [4.69, 9.17) is 23.7 Å². The molecule has 3 aromatic carbocycles. The van der Waals surface area contributed by atoms with Crippen LogP contribution in [0.1, 0.15) is 107 Å². The highest BCUT2D eigenvalue weighted by Crippen LogP contribution is 2.38. The highest BCUT2D eigenvalue weighted by atomic mass is 16.5. The molecule has 1 N–H and O–H groups in total. The van der Waals surface area contributed by atoms with Gasteiger partial charge in [0.25, 0.3) is 0 Å². The minimum atomic E-state index is -1.46. The fourth-order valence-corrected chi connectivity index (χ4v) is 6.59. The van der Waals surface area contributed by atoms with Gasteiger partial charge in [0, 0.05) is 12.8 Å². The van der Waals surface area contributed by atoms with Crippen molar-refractivity contribution in [1.82, 2.24) is 0 Å². The van der Waals surface area contributed by atoms with E-state index in [0.717, 1.165) is 51.4 Å². The zero-order valence-corrected chi connectivity index (χ0v) is 28.2. The first-order valence-electron chi connectivity index (χ1n) is 17.7. The van der Waals surface area contributed by atoms with Crippen LogP contribution >= 0.6 is 0 Å². The maximum Gasteiger partial charge on any atom is 0.306 e. The molecule has 0 bridgehead atoms. The molecule has 0 aromatic heterocycles. The van der Waals surface area contributed by atoms with E-state index in [1.807, 2.05) is 72.8 Å². The summed E-state index contributed by atoms with van der Waals surface area (Å²) < 4.78 is 28.4. The van der Waals surface area contributed by atoms with Gasteiger partial charge in [-0.3, -0.25) is 9.59 Å². The fraction of sp³-hybridized carbons (Fsp3) is 0.500. The number of hydrogen-bond donors (Lipinski definition) is 1. The predicted molar refractivity (Wildman–Crippen MR) is 183 cm³/mol.